The topological polar surface area (TPSA) is 49.8 Å². The van der Waals surface area contributed by atoms with E-state index in [4.69, 9.17) is 9.84 Å². The van der Waals surface area contributed by atoms with Crippen LogP contribution >= 0.6 is 0 Å². The van der Waals surface area contributed by atoms with Crippen LogP contribution in [0.4, 0.5) is 0 Å². The van der Waals surface area contributed by atoms with Crippen molar-refractivity contribution in [3.63, 3.8) is 0 Å². The second-order valence-corrected chi connectivity index (χ2v) is 7.42. The van der Waals surface area contributed by atoms with E-state index in [0.29, 0.717) is 13.0 Å². The van der Waals surface area contributed by atoms with Gasteiger partial charge in [-0.1, -0.05) is 71.6 Å². The first kappa shape index (κ1) is 25.4. The van der Waals surface area contributed by atoms with Crippen molar-refractivity contribution in [1.82, 2.24) is 4.90 Å². The summed E-state index contributed by atoms with van der Waals surface area (Å²) in [5.41, 5.74) is 0. The standard InChI is InChI=1S/C22H45NO3/c1-3-5-6-7-8-12-15-21-26-22(25)16-13-10-9-11-14-18-23(17-4-2)19-20-24/h24H,3-21H2,1-2H3. The summed E-state index contributed by atoms with van der Waals surface area (Å²) >= 11 is 0. The number of unbranched alkanes of at least 4 members (excludes halogenated alkanes) is 10. The Kier molecular flexibility index (Phi) is 20.2. The number of nitrogens with zero attached hydrogens (tertiary/aromatic N) is 1. The van der Waals surface area contributed by atoms with Crippen LogP contribution in [-0.2, 0) is 9.53 Å². The van der Waals surface area contributed by atoms with Crippen LogP contribution in [0.15, 0.2) is 0 Å². The predicted molar refractivity (Wildman–Crippen MR) is 110 cm³/mol. The number of esters is 1. The summed E-state index contributed by atoms with van der Waals surface area (Å²) in [5.74, 6) is -0.0203. The van der Waals surface area contributed by atoms with Gasteiger partial charge in [0, 0.05) is 13.0 Å². The highest BCUT2D eigenvalue weighted by atomic mass is 16.5. The number of carbonyl (C=O) groups excluding carboxylic acids is 1. The van der Waals surface area contributed by atoms with E-state index in [1.54, 1.807) is 0 Å². The highest BCUT2D eigenvalue weighted by Gasteiger charge is 2.04. The average molecular weight is 372 g/mol. The van der Waals surface area contributed by atoms with Gasteiger partial charge in [0.25, 0.3) is 0 Å². The monoisotopic (exact) mass is 371 g/mol. The van der Waals surface area contributed by atoms with Gasteiger partial charge >= 0.3 is 5.97 Å². The van der Waals surface area contributed by atoms with Crippen molar-refractivity contribution in [1.29, 1.82) is 0 Å². The fourth-order valence-electron chi connectivity index (χ4n) is 3.25. The Morgan fingerprint density at radius 3 is 2.00 bits per heavy atom. The lowest BCUT2D eigenvalue weighted by Crippen LogP contribution is -2.28. The molecule has 4 heteroatoms. The molecule has 0 fully saturated rings. The van der Waals surface area contributed by atoms with E-state index in [9.17, 15) is 4.79 Å². The van der Waals surface area contributed by atoms with Gasteiger partial charge in [-0.3, -0.25) is 4.79 Å². The molecular formula is C22H45NO3. The molecule has 0 bridgehead atoms. The van der Waals surface area contributed by atoms with E-state index >= 15 is 0 Å². The molecule has 0 aromatic carbocycles. The average Bonchev–Trinajstić information content (AvgIpc) is 2.63. The Balaban J connectivity index is 3.33. The number of rotatable bonds is 20. The third-order valence-electron chi connectivity index (χ3n) is 4.82. The van der Waals surface area contributed by atoms with Gasteiger partial charge in [0.1, 0.15) is 0 Å². The second kappa shape index (κ2) is 20.7. The van der Waals surface area contributed by atoms with Crippen molar-refractivity contribution in [3.8, 4) is 0 Å². The Morgan fingerprint density at radius 1 is 0.731 bits per heavy atom. The van der Waals surface area contributed by atoms with E-state index in [0.717, 1.165) is 45.3 Å². The smallest absolute Gasteiger partial charge is 0.305 e. The van der Waals surface area contributed by atoms with Gasteiger partial charge in [0.2, 0.25) is 0 Å². The molecule has 156 valence electrons. The predicted octanol–water partition coefficient (Wildman–Crippen LogP) is 5.33. The van der Waals surface area contributed by atoms with Crippen molar-refractivity contribution in [2.75, 3.05) is 32.8 Å². The highest BCUT2D eigenvalue weighted by molar-refractivity contribution is 5.69. The van der Waals surface area contributed by atoms with Gasteiger partial charge in [-0.25, -0.2) is 0 Å². The molecule has 0 unspecified atom stereocenters. The molecule has 0 aromatic heterocycles. The number of ether oxygens (including phenoxy) is 1. The van der Waals surface area contributed by atoms with Gasteiger partial charge < -0.3 is 14.7 Å². The van der Waals surface area contributed by atoms with Gasteiger partial charge in [0.15, 0.2) is 0 Å². The zero-order valence-corrected chi connectivity index (χ0v) is 17.6. The third kappa shape index (κ3) is 18.2. The molecule has 0 heterocycles. The highest BCUT2D eigenvalue weighted by Crippen LogP contribution is 2.09. The van der Waals surface area contributed by atoms with Gasteiger partial charge in [-0.15, -0.1) is 0 Å². The summed E-state index contributed by atoms with van der Waals surface area (Å²) in [7, 11) is 0. The van der Waals surface area contributed by atoms with Crippen LogP contribution in [0.2, 0.25) is 0 Å². The second-order valence-electron chi connectivity index (χ2n) is 7.42. The Hall–Kier alpha value is -0.610. The van der Waals surface area contributed by atoms with Crippen molar-refractivity contribution in [3.05, 3.63) is 0 Å². The quantitative estimate of drug-likeness (QED) is 0.232. The molecule has 1 N–H and O–H groups in total. The van der Waals surface area contributed by atoms with Gasteiger partial charge in [-0.2, -0.15) is 0 Å². The molecule has 0 aliphatic rings. The lowest BCUT2D eigenvalue weighted by Gasteiger charge is -2.20. The maximum absolute atomic E-state index is 11.7. The largest absolute Gasteiger partial charge is 0.466 e. The maximum atomic E-state index is 11.7. The molecule has 0 aromatic rings. The van der Waals surface area contributed by atoms with Crippen LogP contribution < -0.4 is 0 Å². The summed E-state index contributed by atoms with van der Waals surface area (Å²) in [6.45, 7) is 8.21. The van der Waals surface area contributed by atoms with Crippen LogP contribution in [0.25, 0.3) is 0 Å². The minimum atomic E-state index is -0.0203. The summed E-state index contributed by atoms with van der Waals surface area (Å²) in [4.78, 5) is 14.0. The summed E-state index contributed by atoms with van der Waals surface area (Å²) < 4.78 is 5.31. The normalized spacial score (nSPS) is 11.2. The van der Waals surface area contributed by atoms with Crippen LogP contribution in [0.1, 0.15) is 104 Å². The summed E-state index contributed by atoms with van der Waals surface area (Å²) in [6.07, 6.45) is 16.1. The lowest BCUT2D eigenvalue weighted by atomic mass is 10.1. The van der Waals surface area contributed by atoms with E-state index in [1.807, 2.05) is 0 Å². The van der Waals surface area contributed by atoms with Crippen LogP contribution in [0.3, 0.4) is 0 Å². The van der Waals surface area contributed by atoms with Crippen molar-refractivity contribution in [2.24, 2.45) is 0 Å². The number of hydrogen-bond acceptors (Lipinski definition) is 4. The molecule has 0 aliphatic heterocycles. The van der Waals surface area contributed by atoms with E-state index < -0.39 is 0 Å². The molecule has 4 nitrogen and oxygen atoms in total. The molecule has 0 atom stereocenters. The SMILES string of the molecule is CCCCCCCCCOC(=O)CCCCCCCN(CCC)CCO. The summed E-state index contributed by atoms with van der Waals surface area (Å²) in [5, 5.41) is 9.04. The van der Waals surface area contributed by atoms with Crippen molar-refractivity contribution >= 4 is 5.97 Å². The molecule has 0 spiro atoms. The minimum absolute atomic E-state index is 0.0203. The first-order valence-electron chi connectivity index (χ1n) is 11.2. The van der Waals surface area contributed by atoms with Gasteiger partial charge in [0.05, 0.1) is 13.2 Å². The van der Waals surface area contributed by atoms with Crippen LogP contribution in [-0.4, -0.2) is 48.8 Å². The number of aliphatic hydroxyl groups excluding tert-OH is 1. The van der Waals surface area contributed by atoms with Crippen LogP contribution in [0, 0.1) is 0 Å². The maximum Gasteiger partial charge on any atom is 0.305 e. The number of hydrogen-bond donors (Lipinski definition) is 1. The Bertz CT molecular complexity index is 291. The van der Waals surface area contributed by atoms with E-state index in [1.165, 1.54) is 57.8 Å². The summed E-state index contributed by atoms with van der Waals surface area (Å²) in [6, 6.07) is 0. The molecule has 0 rings (SSSR count). The first-order valence-corrected chi connectivity index (χ1v) is 11.2. The molecule has 0 saturated carbocycles. The zero-order valence-electron chi connectivity index (χ0n) is 17.6. The van der Waals surface area contributed by atoms with Crippen molar-refractivity contribution < 1.29 is 14.6 Å². The van der Waals surface area contributed by atoms with Crippen molar-refractivity contribution in [2.45, 2.75) is 104 Å². The lowest BCUT2D eigenvalue weighted by molar-refractivity contribution is -0.143. The minimum Gasteiger partial charge on any atom is -0.466 e. The molecular weight excluding hydrogens is 326 g/mol. The third-order valence-corrected chi connectivity index (χ3v) is 4.82. The first-order chi connectivity index (χ1) is 12.7. The molecule has 0 saturated heterocycles. The van der Waals surface area contributed by atoms with Gasteiger partial charge in [-0.05, 0) is 38.8 Å². The van der Waals surface area contributed by atoms with E-state index in [-0.39, 0.29) is 12.6 Å². The zero-order chi connectivity index (χ0) is 19.3. The molecule has 0 radical (unpaired) electrons. The molecule has 0 amide bonds. The number of aliphatic hydroxyl groups is 1. The fourth-order valence-corrected chi connectivity index (χ4v) is 3.25. The fraction of sp³-hybridized carbons (Fsp3) is 0.955. The molecule has 26 heavy (non-hydrogen) atoms. The number of carbonyl (C=O) groups is 1. The molecule has 0 aliphatic carbocycles. The Labute approximate surface area is 162 Å². The Morgan fingerprint density at radius 2 is 1.35 bits per heavy atom. The van der Waals surface area contributed by atoms with E-state index in [2.05, 4.69) is 18.7 Å². The van der Waals surface area contributed by atoms with Crippen LogP contribution in [0.5, 0.6) is 0 Å².